The molecule has 0 aromatic rings. The van der Waals surface area contributed by atoms with Crippen LogP contribution in [0.25, 0.3) is 0 Å². The van der Waals surface area contributed by atoms with Crippen LogP contribution in [0.15, 0.2) is 0 Å². The van der Waals surface area contributed by atoms with Crippen molar-refractivity contribution < 1.29 is 9.59 Å². The molecule has 0 aromatic carbocycles. The third-order valence-electron chi connectivity index (χ3n) is 2.89. The van der Waals surface area contributed by atoms with Crippen LogP contribution in [-0.4, -0.2) is 59.7 Å². The number of fused-ring (bicyclic) bond motifs is 1. The Morgan fingerprint density at radius 3 is 2.50 bits per heavy atom. The summed E-state index contributed by atoms with van der Waals surface area (Å²) in [5.41, 5.74) is 0. The Balaban J connectivity index is 2.30. The van der Waals surface area contributed by atoms with Crippen LogP contribution in [0, 0.1) is 0 Å². The Labute approximate surface area is 82.4 Å². The summed E-state index contributed by atoms with van der Waals surface area (Å²) in [4.78, 5) is 27.8. The number of hydrogen-bond acceptors (Lipinski definition) is 2. The molecule has 0 aliphatic carbocycles. The molecule has 2 atom stereocenters. The number of rotatable bonds is 1. The summed E-state index contributed by atoms with van der Waals surface area (Å²) in [5.74, 6) is 0. The van der Waals surface area contributed by atoms with E-state index in [9.17, 15) is 9.59 Å². The smallest absolute Gasteiger partial charge is 0.314 e. The van der Waals surface area contributed by atoms with E-state index in [0.29, 0.717) is 6.54 Å². The molecule has 2 aliphatic heterocycles. The maximum Gasteiger partial charge on any atom is 0.323 e. The molecule has 1 N–H and O–H groups in total. The van der Waals surface area contributed by atoms with Crippen molar-refractivity contribution in [3.8, 4) is 0 Å². The Hall–Kier alpha value is -1.46. The van der Waals surface area contributed by atoms with Gasteiger partial charge in [0.15, 0.2) is 0 Å². The Kier molecular flexibility index (Phi) is 1.80. The molecular formula is C8H14N4O2. The van der Waals surface area contributed by atoms with Gasteiger partial charge >= 0.3 is 12.1 Å². The summed E-state index contributed by atoms with van der Waals surface area (Å²) in [5, 5.41) is 2.78. The molecule has 0 spiro atoms. The zero-order chi connectivity index (χ0) is 10.5. The summed E-state index contributed by atoms with van der Waals surface area (Å²) in [6, 6.07) is -0.160. The van der Waals surface area contributed by atoms with E-state index in [1.54, 1.807) is 28.8 Å². The van der Waals surface area contributed by atoms with Gasteiger partial charge in [-0.3, -0.25) is 0 Å². The van der Waals surface area contributed by atoms with Gasteiger partial charge in [0.1, 0.15) is 12.3 Å². The first-order valence-electron chi connectivity index (χ1n) is 4.64. The highest BCUT2D eigenvalue weighted by Gasteiger charge is 2.51. The third kappa shape index (κ3) is 0.906. The van der Waals surface area contributed by atoms with E-state index in [0.717, 1.165) is 0 Å². The van der Waals surface area contributed by atoms with Gasteiger partial charge in [0.05, 0.1) is 0 Å². The van der Waals surface area contributed by atoms with Crippen LogP contribution in [-0.2, 0) is 0 Å². The maximum atomic E-state index is 11.6. The first kappa shape index (κ1) is 9.11. The van der Waals surface area contributed by atoms with Crippen molar-refractivity contribution in [3.05, 3.63) is 0 Å². The third-order valence-corrected chi connectivity index (χ3v) is 2.89. The molecule has 6 nitrogen and oxygen atoms in total. The van der Waals surface area contributed by atoms with Crippen molar-refractivity contribution >= 4 is 12.1 Å². The minimum atomic E-state index is -0.208. The minimum absolute atomic E-state index is 0.0570. The van der Waals surface area contributed by atoms with Gasteiger partial charge in [-0.2, -0.15) is 0 Å². The summed E-state index contributed by atoms with van der Waals surface area (Å²) in [6.07, 6.45) is -0.370. The van der Waals surface area contributed by atoms with E-state index < -0.39 is 0 Å². The number of hydrogen-bond donors (Lipinski definition) is 1. The molecule has 0 aromatic heterocycles. The highest BCUT2D eigenvalue weighted by molar-refractivity contribution is 5.84. The van der Waals surface area contributed by atoms with Gasteiger partial charge in [0.25, 0.3) is 0 Å². The SMILES string of the molecule is CCN1C(=O)N[C@H]2[C@@H]1N(C)C(=O)N2C. The molecule has 2 rings (SSSR count). The normalized spacial score (nSPS) is 31.2. The molecule has 2 fully saturated rings. The average molecular weight is 198 g/mol. The molecule has 0 radical (unpaired) electrons. The number of nitrogens with one attached hydrogen (secondary N) is 1. The number of amides is 4. The number of nitrogens with zero attached hydrogens (tertiary/aromatic N) is 3. The fourth-order valence-corrected chi connectivity index (χ4v) is 2.10. The highest BCUT2D eigenvalue weighted by Crippen LogP contribution is 2.25. The van der Waals surface area contributed by atoms with Gasteiger partial charge in [0, 0.05) is 20.6 Å². The lowest BCUT2D eigenvalue weighted by Gasteiger charge is -2.24. The van der Waals surface area contributed by atoms with Crippen LogP contribution in [0.1, 0.15) is 6.92 Å². The number of carbonyl (C=O) groups is 2. The highest BCUT2D eigenvalue weighted by atomic mass is 16.2. The molecule has 0 saturated carbocycles. The topological polar surface area (TPSA) is 55.9 Å². The lowest BCUT2D eigenvalue weighted by molar-refractivity contribution is 0.149. The van der Waals surface area contributed by atoms with Crippen LogP contribution < -0.4 is 5.32 Å². The van der Waals surface area contributed by atoms with Gasteiger partial charge in [-0.15, -0.1) is 0 Å². The van der Waals surface area contributed by atoms with E-state index >= 15 is 0 Å². The van der Waals surface area contributed by atoms with E-state index in [2.05, 4.69) is 5.32 Å². The summed E-state index contributed by atoms with van der Waals surface area (Å²) < 4.78 is 0. The first-order chi connectivity index (χ1) is 6.57. The molecular weight excluding hydrogens is 184 g/mol. The fourth-order valence-electron chi connectivity index (χ4n) is 2.10. The van der Waals surface area contributed by atoms with E-state index in [4.69, 9.17) is 0 Å². The Morgan fingerprint density at radius 1 is 1.29 bits per heavy atom. The van der Waals surface area contributed by atoms with E-state index in [1.807, 2.05) is 6.92 Å². The molecule has 2 heterocycles. The molecule has 2 saturated heterocycles. The molecule has 0 unspecified atom stereocenters. The number of carbonyl (C=O) groups excluding carboxylic acids is 2. The summed E-state index contributed by atoms with van der Waals surface area (Å²) in [6.45, 7) is 2.51. The Morgan fingerprint density at radius 2 is 1.93 bits per heavy atom. The largest absolute Gasteiger partial charge is 0.323 e. The van der Waals surface area contributed by atoms with Gasteiger partial charge in [-0.1, -0.05) is 0 Å². The summed E-state index contributed by atoms with van der Waals surface area (Å²) >= 11 is 0. The van der Waals surface area contributed by atoms with Crippen molar-refractivity contribution in [1.82, 2.24) is 20.0 Å². The van der Waals surface area contributed by atoms with Crippen LogP contribution >= 0.6 is 0 Å². The lowest BCUT2D eigenvalue weighted by atomic mass is 10.4. The molecule has 4 amide bonds. The Bertz CT molecular complexity index is 293. The molecule has 14 heavy (non-hydrogen) atoms. The predicted octanol–water partition coefficient (Wildman–Crippen LogP) is -0.319. The zero-order valence-electron chi connectivity index (χ0n) is 8.52. The van der Waals surface area contributed by atoms with Gasteiger partial charge in [-0.25, -0.2) is 9.59 Å². The van der Waals surface area contributed by atoms with Crippen LogP contribution in [0.4, 0.5) is 9.59 Å². The lowest BCUT2D eigenvalue weighted by Crippen LogP contribution is -2.44. The standard InChI is InChI=1S/C8H14N4O2/c1-4-12-6-5(9-7(12)13)10(2)8(14)11(6)3/h5-6H,4H2,1-3H3,(H,9,13)/t5-,6-/m1/s1. The van der Waals surface area contributed by atoms with E-state index in [-0.39, 0.29) is 24.4 Å². The van der Waals surface area contributed by atoms with Crippen LogP contribution in [0.3, 0.4) is 0 Å². The fraction of sp³-hybridized carbons (Fsp3) is 0.750. The second-order valence-electron chi connectivity index (χ2n) is 3.60. The second-order valence-corrected chi connectivity index (χ2v) is 3.60. The minimum Gasteiger partial charge on any atom is -0.314 e. The molecule has 2 aliphatic rings. The van der Waals surface area contributed by atoms with Crippen LogP contribution in [0.2, 0.25) is 0 Å². The van der Waals surface area contributed by atoms with Gasteiger partial charge in [-0.05, 0) is 6.92 Å². The monoisotopic (exact) mass is 198 g/mol. The zero-order valence-corrected chi connectivity index (χ0v) is 8.52. The van der Waals surface area contributed by atoms with Crippen molar-refractivity contribution in [1.29, 1.82) is 0 Å². The van der Waals surface area contributed by atoms with Crippen LogP contribution in [0.5, 0.6) is 0 Å². The molecule has 0 bridgehead atoms. The maximum absolute atomic E-state index is 11.6. The number of likely N-dealkylation sites (N-methyl/N-ethyl adjacent to an activating group) is 3. The average Bonchev–Trinajstić information content (AvgIpc) is 2.59. The second kappa shape index (κ2) is 2.76. The van der Waals surface area contributed by atoms with Crippen molar-refractivity contribution in [2.75, 3.05) is 20.6 Å². The van der Waals surface area contributed by atoms with Gasteiger partial charge < -0.3 is 20.0 Å². The van der Waals surface area contributed by atoms with E-state index in [1.165, 1.54) is 0 Å². The molecule has 6 heteroatoms. The van der Waals surface area contributed by atoms with Crippen molar-refractivity contribution in [2.45, 2.75) is 19.3 Å². The van der Waals surface area contributed by atoms with Gasteiger partial charge in [0.2, 0.25) is 0 Å². The van der Waals surface area contributed by atoms with Crippen molar-refractivity contribution in [3.63, 3.8) is 0 Å². The predicted molar refractivity (Wildman–Crippen MR) is 49.4 cm³/mol. The molecule has 78 valence electrons. The first-order valence-corrected chi connectivity index (χ1v) is 4.64. The summed E-state index contributed by atoms with van der Waals surface area (Å²) in [7, 11) is 3.41. The van der Waals surface area contributed by atoms with Crippen molar-refractivity contribution in [2.24, 2.45) is 0 Å². The number of urea groups is 2. The quantitative estimate of drug-likeness (QED) is 0.628.